The van der Waals surface area contributed by atoms with Gasteiger partial charge < -0.3 is 5.32 Å². The number of nitrogens with one attached hydrogen (secondary N) is 1. The van der Waals surface area contributed by atoms with Crippen molar-refractivity contribution in [3.8, 4) is 0 Å². The van der Waals surface area contributed by atoms with Gasteiger partial charge in [0.2, 0.25) is 0 Å². The van der Waals surface area contributed by atoms with Gasteiger partial charge in [-0.15, -0.1) is 0 Å². The van der Waals surface area contributed by atoms with Gasteiger partial charge in [0.15, 0.2) is 0 Å². The van der Waals surface area contributed by atoms with Crippen LogP contribution in [0.15, 0.2) is 30.3 Å². The Hall–Kier alpha value is -1.90. The standard InChI is InChI=1S/C17H23N3/c1-4-11-18-17-15(5-2)13(3)19-16(20-17)12-14-9-7-6-8-10-14/h6-10H,4-5,11-12H2,1-3H3,(H,18,19,20). The number of hydrogen-bond acceptors (Lipinski definition) is 3. The van der Waals surface area contributed by atoms with Crippen molar-refractivity contribution in [3.05, 3.63) is 53.0 Å². The Bertz CT molecular complexity index is 550. The van der Waals surface area contributed by atoms with Crippen LogP contribution in [0.3, 0.4) is 0 Å². The second kappa shape index (κ2) is 7.04. The molecule has 0 saturated carbocycles. The van der Waals surface area contributed by atoms with Crippen molar-refractivity contribution in [2.45, 2.75) is 40.0 Å². The zero-order valence-corrected chi connectivity index (χ0v) is 12.6. The van der Waals surface area contributed by atoms with E-state index in [1.165, 1.54) is 11.1 Å². The van der Waals surface area contributed by atoms with E-state index >= 15 is 0 Å². The fourth-order valence-corrected chi connectivity index (χ4v) is 2.32. The molecule has 0 atom stereocenters. The maximum Gasteiger partial charge on any atom is 0.135 e. The van der Waals surface area contributed by atoms with Crippen molar-refractivity contribution in [2.75, 3.05) is 11.9 Å². The van der Waals surface area contributed by atoms with Crippen LogP contribution >= 0.6 is 0 Å². The molecule has 20 heavy (non-hydrogen) atoms. The summed E-state index contributed by atoms with van der Waals surface area (Å²) in [4.78, 5) is 9.37. The molecule has 0 unspecified atom stereocenters. The minimum atomic E-state index is 0.784. The van der Waals surface area contributed by atoms with Crippen LogP contribution in [0, 0.1) is 6.92 Å². The van der Waals surface area contributed by atoms with Crippen molar-refractivity contribution in [2.24, 2.45) is 0 Å². The second-order valence-corrected chi connectivity index (χ2v) is 5.00. The molecule has 0 amide bonds. The van der Waals surface area contributed by atoms with Crippen LogP contribution in [0.25, 0.3) is 0 Å². The normalized spacial score (nSPS) is 10.6. The Kier molecular flexibility index (Phi) is 5.10. The summed E-state index contributed by atoms with van der Waals surface area (Å²) in [6, 6.07) is 10.4. The predicted molar refractivity (Wildman–Crippen MR) is 84.2 cm³/mol. The van der Waals surface area contributed by atoms with Gasteiger partial charge in [-0.1, -0.05) is 44.2 Å². The van der Waals surface area contributed by atoms with E-state index < -0.39 is 0 Å². The summed E-state index contributed by atoms with van der Waals surface area (Å²) < 4.78 is 0. The maximum atomic E-state index is 4.71. The molecular weight excluding hydrogens is 246 g/mol. The molecule has 0 aliphatic heterocycles. The first-order valence-corrected chi connectivity index (χ1v) is 7.38. The molecule has 106 valence electrons. The predicted octanol–water partition coefficient (Wildman–Crippen LogP) is 3.76. The zero-order chi connectivity index (χ0) is 14.4. The van der Waals surface area contributed by atoms with Crippen LogP contribution in [-0.2, 0) is 12.8 Å². The number of aromatic nitrogens is 2. The molecule has 2 rings (SSSR count). The van der Waals surface area contributed by atoms with Gasteiger partial charge in [-0.05, 0) is 25.3 Å². The molecule has 0 bridgehead atoms. The van der Waals surface area contributed by atoms with Gasteiger partial charge in [-0.2, -0.15) is 0 Å². The molecular formula is C17H23N3. The third kappa shape index (κ3) is 3.56. The molecule has 0 saturated heterocycles. The van der Waals surface area contributed by atoms with E-state index in [9.17, 15) is 0 Å². The summed E-state index contributed by atoms with van der Waals surface area (Å²) in [5, 5.41) is 3.43. The average Bonchev–Trinajstić information content (AvgIpc) is 2.46. The molecule has 3 heteroatoms. The van der Waals surface area contributed by atoms with E-state index in [0.717, 1.165) is 43.1 Å². The van der Waals surface area contributed by atoms with E-state index in [1.54, 1.807) is 0 Å². The summed E-state index contributed by atoms with van der Waals surface area (Å²) >= 11 is 0. The van der Waals surface area contributed by atoms with E-state index in [-0.39, 0.29) is 0 Å². The highest BCUT2D eigenvalue weighted by Gasteiger charge is 2.10. The molecule has 0 fully saturated rings. The zero-order valence-electron chi connectivity index (χ0n) is 12.6. The lowest BCUT2D eigenvalue weighted by molar-refractivity contribution is 0.886. The molecule has 0 aliphatic carbocycles. The first-order chi connectivity index (χ1) is 9.74. The molecule has 0 spiro atoms. The van der Waals surface area contributed by atoms with Crippen LogP contribution in [-0.4, -0.2) is 16.5 Å². The Morgan fingerprint density at radius 3 is 2.45 bits per heavy atom. The highest BCUT2D eigenvalue weighted by molar-refractivity contribution is 5.46. The smallest absolute Gasteiger partial charge is 0.135 e. The Labute approximate surface area is 121 Å². The van der Waals surface area contributed by atoms with Crippen LogP contribution < -0.4 is 5.32 Å². The maximum absolute atomic E-state index is 4.71. The molecule has 1 aromatic carbocycles. The van der Waals surface area contributed by atoms with Crippen molar-refractivity contribution >= 4 is 5.82 Å². The van der Waals surface area contributed by atoms with Crippen molar-refractivity contribution in [1.29, 1.82) is 0 Å². The minimum absolute atomic E-state index is 0.784. The molecule has 1 aromatic heterocycles. The van der Waals surface area contributed by atoms with Crippen LogP contribution in [0.1, 0.15) is 42.9 Å². The number of anilines is 1. The number of aryl methyl sites for hydroxylation is 1. The van der Waals surface area contributed by atoms with Crippen LogP contribution in [0.4, 0.5) is 5.82 Å². The van der Waals surface area contributed by atoms with Gasteiger partial charge in [0, 0.05) is 24.2 Å². The Balaban J connectivity index is 2.27. The Morgan fingerprint density at radius 1 is 1.05 bits per heavy atom. The Morgan fingerprint density at radius 2 is 1.80 bits per heavy atom. The van der Waals surface area contributed by atoms with E-state index in [1.807, 2.05) is 6.07 Å². The van der Waals surface area contributed by atoms with E-state index in [4.69, 9.17) is 4.98 Å². The van der Waals surface area contributed by atoms with E-state index in [0.29, 0.717) is 0 Å². The SMILES string of the molecule is CCCNc1nc(Cc2ccccc2)nc(C)c1CC. The minimum Gasteiger partial charge on any atom is -0.370 e. The fraction of sp³-hybridized carbons (Fsp3) is 0.412. The molecule has 1 N–H and O–H groups in total. The third-order valence-electron chi connectivity index (χ3n) is 3.36. The van der Waals surface area contributed by atoms with Crippen molar-refractivity contribution in [3.63, 3.8) is 0 Å². The summed E-state index contributed by atoms with van der Waals surface area (Å²) in [5.74, 6) is 1.90. The first-order valence-electron chi connectivity index (χ1n) is 7.38. The third-order valence-corrected chi connectivity index (χ3v) is 3.36. The highest BCUT2D eigenvalue weighted by atomic mass is 15.0. The van der Waals surface area contributed by atoms with Crippen LogP contribution in [0.5, 0.6) is 0 Å². The monoisotopic (exact) mass is 269 g/mol. The lowest BCUT2D eigenvalue weighted by Crippen LogP contribution is -2.11. The average molecular weight is 269 g/mol. The van der Waals surface area contributed by atoms with Gasteiger partial charge in [-0.3, -0.25) is 0 Å². The number of benzene rings is 1. The molecule has 0 radical (unpaired) electrons. The molecule has 1 heterocycles. The van der Waals surface area contributed by atoms with Crippen molar-refractivity contribution in [1.82, 2.24) is 9.97 Å². The lowest BCUT2D eigenvalue weighted by atomic mass is 10.1. The van der Waals surface area contributed by atoms with Crippen LogP contribution in [0.2, 0.25) is 0 Å². The summed E-state index contributed by atoms with van der Waals surface area (Å²) in [7, 11) is 0. The highest BCUT2D eigenvalue weighted by Crippen LogP contribution is 2.18. The fourth-order valence-electron chi connectivity index (χ4n) is 2.32. The number of nitrogens with zero attached hydrogens (tertiary/aromatic N) is 2. The summed E-state index contributed by atoms with van der Waals surface area (Å²) in [6.07, 6.45) is 2.84. The van der Waals surface area contributed by atoms with Crippen molar-refractivity contribution < 1.29 is 0 Å². The number of hydrogen-bond donors (Lipinski definition) is 1. The lowest BCUT2D eigenvalue weighted by Gasteiger charge is -2.13. The molecule has 0 aliphatic rings. The van der Waals surface area contributed by atoms with Gasteiger partial charge in [-0.25, -0.2) is 9.97 Å². The quantitative estimate of drug-likeness (QED) is 0.867. The van der Waals surface area contributed by atoms with E-state index in [2.05, 4.69) is 55.3 Å². The van der Waals surface area contributed by atoms with Gasteiger partial charge in [0.1, 0.15) is 11.6 Å². The van der Waals surface area contributed by atoms with Gasteiger partial charge >= 0.3 is 0 Å². The molecule has 2 aromatic rings. The van der Waals surface area contributed by atoms with Gasteiger partial charge in [0.05, 0.1) is 0 Å². The first kappa shape index (κ1) is 14.5. The largest absolute Gasteiger partial charge is 0.370 e. The van der Waals surface area contributed by atoms with Gasteiger partial charge in [0.25, 0.3) is 0 Å². The number of rotatable bonds is 6. The topological polar surface area (TPSA) is 37.8 Å². The molecule has 3 nitrogen and oxygen atoms in total. The summed E-state index contributed by atoms with van der Waals surface area (Å²) in [5.41, 5.74) is 3.57. The second-order valence-electron chi connectivity index (χ2n) is 5.00. The summed E-state index contributed by atoms with van der Waals surface area (Å²) in [6.45, 7) is 7.34.